The van der Waals surface area contributed by atoms with Crippen molar-refractivity contribution in [3.8, 4) is 0 Å². The fourth-order valence-electron chi connectivity index (χ4n) is 1.70. The van der Waals surface area contributed by atoms with Gasteiger partial charge in [0, 0.05) is 0 Å². The molecule has 1 aliphatic rings. The number of rotatable bonds is 6. The average Bonchev–Trinajstić information content (AvgIpc) is 2.59. The first-order valence-corrected chi connectivity index (χ1v) is 5.70. The van der Waals surface area contributed by atoms with Gasteiger partial charge < -0.3 is 4.74 Å². The summed E-state index contributed by atoms with van der Waals surface area (Å²) in [6.07, 6.45) is 12.9. The van der Waals surface area contributed by atoms with Crippen LogP contribution in [0, 0.1) is 0 Å². The van der Waals surface area contributed by atoms with Crippen molar-refractivity contribution in [2.24, 2.45) is 0 Å². The van der Waals surface area contributed by atoms with Gasteiger partial charge in [0.05, 0.1) is 12.2 Å². The van der Waals surface area contributed by atoms with Gasteiger partial charge in [-0.25, -0.2) is 0 Å². The molecule has 13 heavy (non-hydrogen) atoms. The van der Waals surface area contributed by atoms with E-state index in [0.717, 1.165) is 0 Å². The summed E-state index contributed by atoms with van der Waals surface area (Å²) in [6, 6.07) is 0. The predicted octanol–water partition coefficient (Wildman–Crippen LogP) is 3.69. The Morgan fingerprint density at radius 3 is 1.77 bits per heavy atom. The van der Waals surface area contributed by atoms with Crippen LogP contribution in [0.15, 0.2) is 12.2 Å². The Kier molecular flexibility index (Phi) is 5.14. The SMILES string of the molecule is CCCC[C@H]1C=C[C@@H](CCCC)O1. The zero-order valence-electron chi connectivity index (χ0n) is 8.96. The molecule has 0 saturated carbocycles. The fourth-order valence-corrected chi connectivity index (χ4v) is 1.70. The Morgan fingerprint density at radius 2 is 1.38 bits per heavy atom. The lowest BCUT2D eigenvalue weighted by molar-refractivity contribution is 0.0492. The van der Waals surface area contributed by atoms with Gasteiger partial charge in [-0.05, 0) is 12.8 Å². The topological polar surface area (TPSA) is 9.23 Å². The van der Waals surface area contributed by atoms with Crippen LogP contribution in [0.5, 0.6) is 0 Å². The van der Waals surface area contributed by atoms with Crippen molar-refractivity contribution in [3.05, 3.63) is 12.2 Å². The van der Waals surface area contributed by atoms with Crippen molar-refractivity contribution in [2.45, 2.75) is 64.6 Å². The van der Waals surface area contributed by atoms with Crippen LogP contribution in [0.4, 0.5) is 0 Å². The Balaban J connectivity index is 2.10. The van der Waals surface area contributed by atoms with Crippen LogP contribution < -0.4 is 0 Å². The van der Waals surface area contributed by atoms with Crippen LogP contribution >= 0.6 is 0 Å². The van der Waals surface area contributed by atoms with Gasteiger partial charge in [-0.3, -0.25) is 0 Å². The molecule has 0 bridgehead atoms. The molecule has 1 aliphatic heterocycles. The summed E-state index contributed by atoms with van der Waals surface area (Å²) < 4.78 is 5.85. The molecule has 0 unspecified atom stereocenters. The van der Waals surface area contributed by atoms with Crippen molar-refractivity contribution >= 4 is 0 Å². The molecule has 0 aromatic rings. The summed E-state index contributed by atoms with van der Waals surface area (Å²) in [6.45, 7) is 4.46. The largest absolute Gasteiger partial charge is 0.367 e. The highest BCUT2D eigenvalue weighted by Gasteiger charge is 2.17. The molecular weight excluding hydrogens is 160 g/mol. The van der Waals surface area contributed by atoms with Crippen molar-refractivity contribution in [3.63, 3.8) is 0 Å². The molecule has 1 heteroatoms. The van der Waals surface area contributed by atoms with E-state index in [-0.39, 0.29) is 0 Å². The second-order valence-corrected chi connectivity index (χ2v) is 3.88. The Labute approximate surface area is 82.2 Å². The number of ether oxygens (including phenoxy) is 1. The normalized spacial score (nSPS) is 26.9. The van der Waals surface area contributed by atoms with Crippen LogP contribution in [-0.2, 0) is 4.74 Å². The van der Waals surface area contributed by atoms with E-state index < -0.39 is 0 Å². The van der Waals surface area contributed by atoms with Crippen LogP contribution in [0.1, 0.15) is 52.4 Å². The van der Waals surface area contributed by atoms with Gasteiger partial charge in [0.25, 0.3) is 0 Å². The van der Waals surface area contributed by atoms with Gasteiger partial charge in [0.1, 0.15) is 0 Å². The van der Waals surface area contributed by atoms with Gasteiger partial charge in [0.15, 0.2) is 0 Å². The van der Waals surface area contributed by atoms with Crippen molar-refractivity contribution in [2.75, 3.05) is 0 Å². The quantitative estimate of drug-likeness (QED) is 0.569. The average molecular weight is 182 g/mol. The minimum absolute atomic E-state index is 0.418. The standard InChI is InChI=1S/C12H22O/c1-3-5-7-11-9-10-12(13-11)8-6-4-2/h9-12H,3-8H2,1-2H3/t11-,12+. The second kappa shape index (κ2) is 6.20. The molecule has 1 rings (SSSR count). The number of hydrogen-bond donors (Lipinski definition) is 0. The summed E-state index contributed by atoms with van der Waals surface area (Å²) in [5.41, 5.74) is 0. The third-order valence-electron chi connectivity index (χ3n) is 2.57. The Bertz CT molecular complexity index is 135. The van der Waals surface area contributed by atoms with Gasteiger partial charge in [-0.2, -0.15) is 0 Å². The molecule has 1 heterocycles. The van der Waals surface area contributed by atoms with Crippen LogP contribution in [-0.4, -0.2) is 12.2 Å². The third kappa shape index (κ3) is 3.95. The van der Waals surface area contributed by atoms with E-state index in [9.17, 15) is 0 Å². The van der Waals surface area contributed by atoms with E-state index in [1.165, 1.54) is 38.5 Å². The lowest BCUT2D eigenvalue weighted by Gasteiger charge is -2.13. The Hall–Kier alpha value is -0.300. The molecular formula is C12H22O. The third-order valence-corrected chi connectivity index (χ3v) is 2.57. The summed E-state index contributed by atoms with van der Waals surface area (Å²) in [5.74, 6) is 0. The van der Waals surface area contributed by atoms with E-state index in [1.807, 2.05) is 0 Å². The van der Waals surface area contributed by atoms with E-state index in [4.69, 9.17) is 4.74 Å². The maximum Gasteiger partial charge on any atom is 0.0764 e. The molecule has 0 radical (unpaired) electrons. The molecule has 76 valence electrons. The van der Waals surface area contributed by atoms with Crippen LogP contribution in [0.3, 0.4) is 0 Å². The van der Waals surface area contributed by atoms with E-state index in [0.29, 0.717) is 12.2 Å². The molecule has 0 aromatic heterocycles. The summed E-state index contributed by atoms with van der Waals surface area (Å²) >= 11 is 0. The second-order valence-electron chi connectivity index (χ2n) is 3.88. The summed E-state index contributed by atoms with van der Waals surface area (Å²) in [4.78, 5) is 0. The summed E-state index contributed by atoms with van der Waals surface area (Å²) in [7, 11) is 0. The zero-order chi connectivity index (χ0) is 9.52. The highest BCUT2D eigenvalue weighted by molar-refractivity contribution is 5.01. The molecule has 0 aliphatic carbocycles. The van der Waals surface area contributed by atoms with Gasteiger partial charge in [0.2, 0.25) is 0 Å². The molecule has 0 amide bonds. The Morgan fingerprint density at radius 1 is 0.923 bits per heavy atom. The molecule has 0 spiro atoms. The van der Waals surface area contributed by atoms with E-state index >= 15 is 0 Å². The summed E-state index contributed by atoms with van der Waals surface area (Å²) in [5, 5.41) is 0. The van der Waals surface area contributed by atoms with Crippen LogP contribution in [0.2, 0.25) is 0 Å². The van der Waals surface area contributed by atoms with E-state index in [2.05, 4.69) is 26.0 Å². The smallest absolute Gasteiger partial charge is 0.0764 e. The van der Waals surface area contributed by atoms with Gasteiger partial charge in [-0.1, -0.05) is 51.7 Å². The first-order chi connectivity index (χ1) is 6.36. The maximum absolute atomic E-state index is 5.85. The molecule has 0 saturated heterocycles. The van der Waals surface area contributed by atoms with Gasteiger partial charge in [-0.15, -0.1) is 0 Å². The zero-order valence-corrected chi connectivity index (χ0v) is 8.96. The van der Waals surface area contributed by atoms with Crippen molar-refractivity contribution in [1.82, 2.24) is 0 Å². The monoisotopic (exact) mass is 182 g/mol. The maximum atomic E-state index is 5.85. The minimum Gasteiger partial charge on any atom is -0.367 e. The molecule has 0 N–H and O–H groups in total. The first kappa shape index (κ1) is 10.8. The molecule has 0 aromatic carbocycles. The molecule has 2 atom stereocenters. The first-order valence-electron chi connectivity index (χ1n) is 5.70. The van der Waals surface area contributed by atoms with Crippen molar-refractivity contribution < 1.29 is 4.74 Å². The number of hydrogen-bond acceptors (Lipinski definition) is 1. The minimum atomic E-state index is 0.418. The van der Waals surface area contributed by atoms with Crippen LogP contribution in [0.25, 0.3) is 0 Å². The fraction of sp³-hybridized carbons (Fsp3) is 0.833. The molecule has 0 fully saturated rings. The lowest BCUT2D eigenvalue weighted by atomic mass is 10.1. The van der Waals surface area contributed by atoms with E-state index in [1.54, 1.807) is 0 Å². The van der Waals surface area contributed by atoms with Crippen molar-refractivity contribution in [1.29, 1.82) is 0 Å². The van der Waals surface area contributed by atoms with Gasteiger partial charge >= 0.3 is 0 Å². The molecule has 1 nitrogen and oxygen atoms in total. The predicted molar refractivity (Wildman–Crippen MR) is 56.9 cm³/mol. The highest BCUT2D eigenvalue weighted by Crippen LogP contribution is 2.20. The highest BCUT2D eigenvalue weighted by atomic mass is 16.5. The number of unbranched alkanes of at least 4 members (excludes halogenated alkanes) is 2. The lowest BCUT2D eigenvalue weighted by Crippen LogP contribution is -2.11.